The van der Waals surface area contributed by atoms with Crippen LogP contribution in [0.25, 0.3) is 0 Å². The van der Waals surface area contributed by atoms with Gasteiger partial charge < -0.3 is 16.0 Å². The lowest BCUT2D eigenvalue weighted by Gasteiger charge is -2.32. The van der Waals surface area contributed by atoms with Gasteiger partial charge in [-0.05, 0) is 106 Å². The lowest BCUT2D eigenvalue weighted by atomic mass is 9.91. The molecule has 0 aliphatic carbocycles. The Labute approximate surface area is 185 Å². The summed E-state index contributed by atoms with van der Waals surface area (Å²) >= 11 is 0. The molecule has 30 heavy (non-hydrogen) atoms. The first-order valence-electron chi connectivity index (χ1n) is 11.8. The fourth-order valence-corrected chi connectivity index (χ4v) is 3.27. The predicted molar refractivity (Wildman–Crippen MR) is 129 cm³/mol. The molecule has 0 spiro atoms. The first-order chi connectivity index (χ1) is 13.9. The van der Waals surface area contributed by atoms with Crippen LogP contribution in [-0.4, -0.2) is 48.3 Å². The fourth-order valence-electron chi connectivity index (χ4n) is 3.27. The van der Waals surface area contributed by atoms with E-state index in [0.29, 0.717) is 5.92 Å². The Bertz CT molecular complexity index is 460. The normalized spacial score (nSPS) is 16.2. The average molecular weight is 428 g/mol. The molecule has 0 saturated heterocycles. The minimum absolute atomic E-state index is 0.196. The first-order valence-corrected chi connectivity index (χ1v) is 11.8. The van der Waals surface area contributed by atoms with Gasteiger partial charge in [0, 0.05) is 16.6 Å². The van der Waals surface area contributed by atoms with E-state index >= 15 is 0 Å². The Morgan fingerprint density at radius 3 is 1.30 bits per heavy atom. The van der Waals surface area contributed by atoms with E-state index in [1.165, 1.54) is 0 Å². The van der Waals surface area contributed by atoms with Crippen LogP contribution in [0, 0.1) is 15.7 Å². The van der Waals surface area contributed by atoms with E-state index in [-0.39, 0.29) is 28.7 Å². The molecule has 0 aromatic heterocycles. The van der Waals surface area contributed by atoms with E-state index in [1.807, 2.05) is 41.5 Å². The standard InChI is InChI=1S/C23H49N5O2/c1-10-23(9,11-2)26-17-14-20(12-15-24-21(5,6)18(3)27-29)13-16-25-22(7,8)19(4)28-30/h18-20,24-26H,10-17H2,1-9H3. The lowest BCUT2D eigenvalue weighted by molar-refractivity contribution is 0.276. The zero-order valence-electron chi connectivity index (χ0n) is 21.1. The zero-order chi connectivity index (χ0) is 23.4. The van der Waals surface area contributed by atoms with Crippen molar-refractivity contribution >= 4 is 0 Å². The van der Waals surface area contributed by atoms with Crippen LogP contribution in [0.2, 0.25) is 0 Å². The third-order valence-electron chi connectivity index (χ3n) is 7.34. The Balaban J connectivity index is 4.79. The van der Waals surface area contributed by atoms with Crippen LogP contribution >= 0.6 is 0 Å². The van der Waals surface area contributed by atoms with Crippen molar-refractivity contribution in [3.8, 4) is 0 Å². The van der Waals surface area contributed by atoms with Crippen molar-refractivity contribution in [3.05, 3.63) is 9.81 Å². The Morgan fingerprint density at radius 2 is 1.00 bits per heavy atom. The van der Waals surface area contributed by atoms with Crippen molar-refractivity contribution in [2.75, 3.05) is 19.6 Å². The molecule has 0 aliphatic rings. The molecular formula is C23H49N5O2. The molecule has 3 N–H and O–H groups in total. The second kappa shape index (κ2) is 13.5. The fraction of sp³-hybridized carbons (Fsp3) is 1.00. The van der Waals surface area contributed by atoms with Crippen LogP contribution in [0.5, 0.6) is 0 Å². The van der Waals surface area contributed by atoms with Gasteiger partial charge in [-0.15, -0.1) is 0 Å². The van der Waals surface area contributed by atoms with Crippen LogP contribution in [0.4, 0.5) is 0 Å². The molecule has 0 aromatic rings. The van der Waals surface area contributed by atoms with Crippen LogP contribution in [0.1, 0.15) is 94.4 Å². The molecule has 0 heterocycles. The highest BCUT2D eigenvalue weighted by molar-refractivity contribution is 4.90. The molecule has 7 heteroatoms. The summed E-state index contributed by atoms with van der Waals surface area (Å²) in [5, 5.41) is 17.1. The lowest BCUT2D eigenvalue weighted by Crippen LogP contribution is -2.49. The van der Waals surface area contributed by atoms with Crippen molar-refractivity contribution in [2.45, 2.75) is 123 Å². The minimum Gasteiger partial charge on any atom is -0.312 e. The summed E-state index contributed by atoms with van der Waals surface area (Å²) < 4.78 is 0. The molecule has 0 radical (unpaired) electrons. The Hall–Kier alpha value is -0.920. The van der Waals surface area contributed by atoms with Gasteiger partial charge in [0.1, 0.15) is 12.1 Å². The van der Waals surface area contributed by atoms with Crippen LogP contribution in [0.15, 0.2) is 10.4 Å². The number of nitrogens with zero attached hydrogens (tertiary/aromatic N) is 2. The third-order valence-corrected chi connectivity index (χ3v) is 7.34. The maximum atomic E-state index is 10.9. The van der Waals surface area contributed by atoms with Crippen LogP contribution < -0.4 is 16.0 Å². The van der Waals surface area contributed by atoms with Gasteiger partial charge in [0.25, 0.3) is 0 Å². The molecule has 0 bridgehead atoms. The largest absolute Gasteiger partial charge is 0.312 e. The number of hydrogen-bond donors (Lipinski definition) is 3. The molecule has 0 fully saturated rings. The molecule has 2 atom stereocenters. The predicted octanol–water partition coefficient (Wildman–Crippen LogP) is 4.99. The number of rotatable bonds is 18. The third kappa shape index (κ3) is 10.4. The van der Waals surface area contributed by atoms with Crippen molar-refractivity contribution in [2.24, 2.45) is 16.3 Å². The molecule has 0 aliphatic heterocycles. The SMILES string of the molecule is CCC(C)(CC)NCCC(CCNC(C)(C)C(C)N=O)CCNC(C)(C)C(C)N=O. The van der Waals surface area contributed by atoms with Crippen molar-refractivity contribution in [1.29, 1.82) is 0 Å². The zero-order valence-corrected chi connectivity index (χ0v) is 21.1. The molecule has 0 rings (SSSR count). The van der Waals surface area contributed by atoms with Gasteiger partial charge >= 0.3 is 0 Å². The first kappa shape index (κ1) is 29.1. The van der Waals surface area contributed by atoms with E-state index in [4.69, 9.17) is 0 Å². The molecule has 0 aromatic carbocycles. The average Bonchev–Trinajstić information content (AvgIpc) is 2.71. The van der Waals surface area contributed by atoms with Crippen LogP contribution in [0.3, 0.4) is 0 Å². The highest BCUT2D eigenvalue weighted by Crippen LogP contribution is 2.19. The summed E-state index contributed by atoms with van der Waals surface area (Å²) in [6.07, 6.45) is 5.41. The van der Waals surface area contributed by atoms with Gasteiger partial charge in [-0.2, -0.15) is 9.81 Å². The van der Waals surface area contributed by atoms with Gasteiger partial charge in [-0.3, -0.25) is 0 Å². The van der Waals surface area contributed by atoms with Gasteiger partial charge in [-0.1, -0.05) is 24.2 Å². The number of hydrogen-bond acceptors (Lipinski definition) is 7. The van der Waals surface area contributed by atoms with Crippen LogP contribution in [-0.2, 0) is 0 Å². The Morgan fingerprint density at radius 1 is 0.667 bits per heavy atom. The van der Waals surface area contributed by atoms with Crippen molar-refractivity contribution in [1.82, 2.24) is 16.0 Å². The topological polar surface area (TPSA) is 94.9 Å². The maximum absolute atomic E-state index is 10.9. The molecule has 7 nitrogen and oxygen atoms in total. The number of nitroso groups, excluding NO2 is 2. The van der Waals surface area contributed by atoms with Gasteiger partial charge in [-0.25, -0.2) is 0 Å². The summed E-state index contributed by atoms with van der Waals surface area (Å²) in [6, 6.07) is -0.542. The van der Waals surface area contributed by atoms with Crippen molar-refractivity contribution in [3.63, 3.8) is 0 Å². The van der Waals surface area contributed by atoms with E-state index in [0.717, 1.165) is 51.7 Å². The monoisotopic (exact) mass is 427 g/mol. The summed E-state index contributed by atoms with van der Waals surface area (Å²) in [5.41, 5.74) is -0.418. The van der Waals surface area contributed by atoms with E-state index in [1.54, 1.807) is 0 Å². The number of nitrogens with one attached hydrogen (secondary N) is 3. The summed E-state index contributed by atoms with van der Waals surface area (Å²) in [5.74, 6) is 0.543. The second-order valence-electron chi connectivity index (χ2n) is 10.3. The van der Waals surface area contributed by atoms with E-state index in [2.05, 4.69) is 47.1 Å². The summed E-state index contributed by atoms with van der Waals surface area (Å²) in [6.45, 7) is 21.3. The van der Waals surface area contributed by atoms with E-state index < -0.39 is 0 Å². The molecular weight excluding hydrogens is 378 g/mol. The van der Waals surface area contributed by atoms with Crippen molar-refractivity contribution < 1.29 is 0 Å². The summed E-state index contributed by atoms with van der Waals surface area (Å²) in [4.78, 5) is 21.8. The van der Waals surface area contributed by atoms with E-state index in [9.17, 15) is 9.81 Å². The molecule has 178 valence electrons. The van der Waals surface area contributed by atoms with Gasteiger partial charge in [0.05, 0.1) is 0 Å². The van der Waals surface area contributed by atoms with Gasteiger partial charge in [0.15, 0.2) is 0 Å². The Kier molecular flexibility index (Phi) is 13.1. The molecule has 0 amide bonds. The second-order valence-corrected chi connectivity index (χ2v) is 10.3. The highest BCUT2D eigenvalue weighted by atomic mass is 16.3. The van der Waals surface area contributed by atoms with Gasteiger partial charge in [0.2, 0.25) is 0 Å². The summed E-state index contributed by atoms with van der Waals surface area (Å²) in [7, 11) is 0. The molecule has 0 saturated carbocycles. The molecule has 2 unspecified atom stereocenters. The maximum Gasteiger partial charge on any atom is 0.107 e. The smallest absolute Gasteiger partial charge is 0.107 e. The minimum atomic E-state index is -0.307. The quantitative estimate of drug-likeness (QED) is 0.268. The highest BCUT2D eigenvalue weighted by Gasteiger charge is 2.28.